The monoisotopic (exact) mass is 610 g/mol. The van der Waals surface area contributed by atoms with Crippen LogP contribution in [-0.2, 0) is 27.5 Å². The van der Waals surface area contributed by atoms with Crippen LogP contribution in [0.25, 0.3) is 0 Å². The molecule has 0 radical (unpaired) electrons. The predicted molar refractivity (Wildman–Crippen MR) is 144 cm³/mol. The highest BCUT2D eigenvalue weighted by Crippen LogP contribution is 2.36. The third-order valence-corrected chi connectivity index (χ3v) is 10.1. The fourth-order valence-electron chi connectivity index (χ4n) is 4.77. The van der Waals surface area contributed by atoms with Gasteiger partial charge in [-0.25, -0.2) is 27.8 Å². The highest BCUT2D eigenvalue weighted by atomic mass is 32.2. The van der Waals surface area contributed by atoms with Crippen LogP contribution < -0.4 is 5.32 Å². The minimum atomic E-state index is -4.50. The summed E-state index contributed by atoms with van der Waals surface area (Å²) in [6, 6.07) is 8.28. The molecule has 1 aliphatic heterocycles. The summed E-state index contributed by atoms with van der Waals surface area (Å²) >= 11 is 0.878. The number of halogens is 4. The number of piperidine rings is 1. The summed E-state index contributed by atoms with van der Waals surface area (Å²) in [7, 11) is -2.22. The summed E-state index contributed by atoms with van der Waals surface area (Å²) in [6.07, 6.45) is 1.65. The topological polar surface area (TPSA) is 102 Å². The van der Waals surface area contributed by atoms with E-state index in [9.17, 15) is 26.0 Å². The van der Waals surface area contributed by atoms with E-state index in [4.69, 9.17) is 4.74 Å². The Labute approximate surface area is 237 Å². The molecule has 0 amide bonds. The van der Waals surface area contributed by atoms with Gasteiger partial charge in [0.25, 0.3) is 10.0 Å². The van der Waals surface area contributed by atoms with Gasteiger partial charge in [-0.3, -0.25) is 0 Å². The maximum atomic E-state index is 13.3. The van der Waals surface area contributed by atoms with Crippen molar-refractivity contribution < 1.29 is 30.7 Å². The van der Waals surface area contributed by atoms with Gasteiger partial charge >= 0.3 is 6.18 Å². The van der Waals surface area contributed by atoms with E-state index in [0.29, 0.717) is 25.6 Å². The maximum Gasteiger partial charge on any atom is 0.417 e. The summed E-state index contributed by atoms with van der Waals surface area (Å²) < 4.78 is 87.5. The highest BCUT2D eigenvalue weighted by Gasteiger charge is 2.35. The van der Waals surface area contributed by atoms with Crippen molar-refractivity contribution in [3.63, 3.8) is 0 Å². The maximum absolute atomic E-state index is 13.3. The van der Waals surface area contributed by atoms with Crippen LogP contribution in [0.4, 0.5) is 28.5 Å². The molecule has 9 nitrogen and oxygen atoms in total. The van der Waals surface area contributed by atoms with Crippen molar-refractivity contribution in [2.24, 2.45) is 5.92 Å². The zero-order valence-corrected chi connectivity index (χ0v) is 23.4. The third kappa shape index (κ3) is 6.58. The van der Waals surface area contributed by atoms with Crippen molar-refractivity contribution in [2.45, 2.75) is 35.9 Å². The second-order valence-electron chi connectivity index (χ2n) is 9.51. The zero-order chi connectivity index (χ0) is 29.2. The Balaban J connectivity index is 1.22. The Morgan fingerprint density at radius 3 is 2.44 bits per heavy atom. The Morgan fingerprint density at radius 2 is 1.80 bits per heavy atom. The summed E-state index contributed by atoms with van der Waals surface area (Å²) in [5.41, 5.74) is 0.879. The van der Waals surface area contributed by atoms with Crippen molar-refractivity contribution in [3.05, 3.63) is 84.0 Å². The number of alkyl halides is 3. The number of hydrogen-bond donors (Lipinski definition) is 1. The minimum absolute atomic E-state index is 0.0195. The molecule has 15 heteroatoms. The molecule has 0 bridgehead atoms. The SMILES string of the molecule is COC(c1cncn1Cc1ccc(F)cc1)C1CCN(S(=O)(=O)c2cnc(Nc3ccc(C(F)(F)F)cn3)s2)CC1. The zero-order valence-electron chi connectivity index (χ0n) is 21.8. The Bertz CT molecular complexity index is 1570. The largest absolute Gasteiger partial charge is 0.417 e. The molecule has 218 valence electrons. The van der Waals surface area contributed by atoms with Crippen molar-refractivity contribution >= 4 is 32.3 Å². The van der Waals surface area contributed by atoms with Crippen LogP contribution in [0.1, 0.15) is 35.8 Å². The lowest BCUT2D eigenvalue weighted by atomic mass is 9.90. The molecule has 1 N–H and O–H groups in total. The first kappa shape index (κ1) is 29.1. The molecule has 4 aromatic rings. The van der Waals surface area contributed by atoms with Gasteiger partial charge in [0.05, 0.1) is 30.0 Å². The van der Waals surface area contributed by atoms with Crippen LogP contribution in [0.5, 0.6) is 0 Å². The number of nitrogens with one attached hydrogen (secondary N) is 1. The predicted octanol–water partition coefficient (Wildman–Crippen LogP) is 5.47. The van der Waals surface area contributed by atoms with Crippen LogP contribution in [0, 0.1) is 11.7 Å². The molecule has 5 rings (SSSR count). The molecular formula is C26H26F4N6O3S2. The average molecular weight is 611 g/mol. The number of rotatable bonds is 9. The van der Waals surface area contributed by atoms with Gasteiger partial charge in [0, 0.05) is 32.9 Å². The number of thiazole rings is 1. The fraction of sp³-hybridized carbons (Fsp3) is 0.346. The number of benzene rings is 1. The fourth-order valence-corrected chi connectivity index (χ4v) is 7.43. The smallest absolute Gasteiger partial charge is 0.375 e. The van der Waals surface area contributed by atoms with E-state index in [0.717, 1.165) is 34.7 Å². The molecule has 1 atom stereocenters. The number of hydrogen-bond acceptors (Lipinski definition) is 8. The summed E-state index contributed by atoms with van der Waals surface area (Å²) in [5.74, 6) is -0.154. The summed E-state index contributed by atoms with van der Waals surface area (Å²) in [5, 5.41) is 2.95. The molecule has 1 aliphatic rings. The quantitative estimate of drug-likeness (QED) is 0.251. The van der Waals surface area contributed by atoms with Crippen molar-refractivity contribution in [1.29, 1.82) is 0 Å². The second kappa shape index (κ2) is 11.8. The van der Waals surface area contributed by atoms with Gasteiger partial charge in [0.1, 0.15) is 17.7 Å². The molecule has 1 saturated heterocycles. The number of methoxy groups -OCH3 is 1. The lowest BCUT2D eigenvalue weighted by Gasteiger charge is -2.34. The van der Waals surface area contributed by atoms with E-state index in [1.54, 1.807) is 31.8 Å². The second-order valence-corrected chi connectivity index (χ2v) is 12.7. The molecule has 1 aromatic carbocycles. The number of nitrogens with zero attached hydrogens (tertiary/aromatic N) is 5. The number of imidazole rings is 1. The van der Waals surface area contributed by atoms with E-state index in [2.05, 4.69) is 20.3 Å². The van der Waals surface area contributed by atoms with Gasteiger partial charge in [-0.2, -0.15) is 17.5 Å². The van der Waals surface area contributed by atoms with Crippen LogP contribution in [0.3, 0.4) is 0 Å². The van der Waals surface area contributed by atoms with Crippen molar-refractivity contribution in [3.8, 4) is 0 Å². The van der Waals surface area contributed by atoms with E-state index < -0.39 is 21.8 Å². The summed E-state index contributed by atoms with van der Waals surface area (Å²) in [6.45, 7) is 1.05. The van der Waals surface area contributed by atoms with E-state index in [-0.39, 0.29) is 46.1 Å². The average Bonchev–Trinajstić information content (AvgIpc) is 3.61. The number of ether oxygens (including phenoxy) is 1. The normalized spacial score (nSPS) is 16.1. The van der Waals surface area contributed by atoms with Gasteiger partial charge < -0.3 is 14.6 Å². The number of anilines is 2. The number of aromatic nitrogens is 4. The Kier molecular flexibility index (Phi) is 8.40. The van der Waals surface area contributed by atoms with Crippen LogP contribution in [-0.4, -0.2) is 52.4 Å². The number of pyridine rings is 1. The van der Waals surface area contributed by atoms with Gasteiger partial charge in [-0.1, -0.05) is 23.5 Å². The molecular weight excluding hydrogens is 584 g/mol. The standard InChI is InChI=1S/C26H26F4N6O3S2/c1-39-24(21-13-31-16-35(21)15-17-2-5-20(27)6-3-17)18-8-10-36(11-9-18)41(37,38)23-14-33-25(40-23)34-22-7-4-19(12-32-22)26(28,29)30/h2-7,12-14,16,18,24H,8-11,15H2,1H3,(H,32,33,34). The van der Waals surface area contributed by atoms with E-state index in [1.807, 2.05) is 4.57 Å². The Morgan fingerprint density at radius 1 is 1.07 bits per heavy atom. The molecule has 1 fully saturated rings. The van der Waals surface area contributed by atoms with Gasteiger partial charge in [-0.15, -0.1) is 0 Å². The lowest BCUT2D eigenvalue weighted by molar-refractivity contribution is -0.137. The van der Waals surface area contributed by atoms with E-state index in [1.165, 1.54) is 22.6 Å². The molecule has 0 saturated carbocycles. The molecule has 41 heavy (non-hydrogen) atoms. The minimum Gasteiger partial charge on any atom is -0.375 e. The molecule has 0 aliphatic carbocycles. The molecule has 3 aromatic heterocycles. The number of sulfonamides is 1. The molecule has 1 unspecified atom stereocenters. The first-order valence-corrected chi connectivity index (χ1v) is 14.8. The van der Waals surface area contributed by atoms with Gasteiger partial charge in [0.2, 0.25) is 0 Å². The van der Waals surface area contributed by atoms with Crippen molar-refractivity contribution in [1.82, 2.24) is 23.8 Å². The van der Waals surface area contributed by atoms with Crippen LogP contribution in [0.2, 0.25) is 0 Å². The van der Waals surface area contributed by atoms with Crippen LogP contribution >= 0.6 is 11.3 Å². The van der Waals surface area contributed by atoms with Crippen molar-refractivity contribution in [2.75, 3.05) is 25.5 Å². The molecule has 0 spiro atoms. The van der Waals surface area contributed by atoms with Gasteiger partial charge in [-0.05, 0) is 48.6 Å². The highest BCUT2D eigenvalue weighted by molar-refractivity contribution is 7.91. The first-order valence-electron chi connectivity index (χ1n) is 12.6. The lowest BCUT2D eigenvalue weighted by Crippen LogP contribution is -2.40. The molecule has 4 heterocycles. The van der Waals surface area contributed by atoms with E-state index >= 15 is 0 Å². The van der Waals surface area contributed by atoms with Crippen LogP contribution in [0.15, 0.2) is 65.5 Å². The first-order chi connectivity index (χ1) is 19.5. The third-order valence-electron chi connectivity index (χ3n) is 6.89. The Hall–Kier alpha value is -3.40. The summed E-state index contributed by atoms with van der Waals surface area (Å²) in [4.78, 5) is 12.1. The van der Waals surface area contributed by atoms with Gasteiger partial charge in [0.15, 0.2) is 9.34 Å².